The lowest BCUT2D eigenvalue weighted by Crippen LogP contribution is -2.53. The summed E-state index contributed by atoms with van der Waals surface area (Å²) in [5, 5.41) is 6.91. The standard InChI is InChI=1S/C24H34N2O2/c1-2-28-17-23-13-18-12-22(15-23,19-6-4-3-5-7-19)16-24(23,14-18)21(27)26-20-8-10-25-11-9-20/h3-7,18,20,25H,2,8-17H2,1H3,(H,26,27)/t18?,22-,23-,24?/m1/s1. The summed E-state index contributed by atoms with van der Waals surface area (Å²) in [5.41, 5.74) is 1.37. The fourth-order valence-corrected chi connectivity index (χ4v) is 7.52. The van der Waals surface area contributed by atoms with Gasteiger partial charge >= 0.3 is 0 Å². The van der Waals surface area contributed by atoms with Gasteiger partial charge in [0.25, 0.3) is 0 Å². The molecular weight excluding hydrogens is 348 g/mol. The van der Waals surface area contributed by atoms with Gasteiger partial charge in [-0.15, -0.1) is 0 Å². The minimum absolute atomic E-state index is 0.0127. The number of carbonyl (C=O) groups is 1. The van der Waals surface area contributed by atoms with E-state index >= 15 is 0 Å². The monoisotopic (exact) mass is 382 g/mol. The number of rotatable bonds is 6. The third kappa shape index (κ3) is 2.68. The van der Waals surface area contributed by atoms with Gasteiger partial charge in [0.05, 0.1) is 12.0 Å². The highest BCUT2D eigenvalue weighted by molar-refractivity contribution is 5.86. The quantitative estimate of drug-likeness (QED) is 0.793. The molecule has 2 N–H and O–H groups in total. The highest BCUT2D eigenvalue weighted by Crippen LogP contribution is 2.76. The molecule has 152 valence electrons. The summed E-state index contributed by atoms with van der Waals surface area (Å²) in [4.78, 5) is 13.8. The summed E-state index contributed by atoms with van der Waals surface area (Å²) in [5.74, 6) is 0.987. The van der Waals surface area contributed by atoms with Crippen LogP contribution in [0.1, 0.15) is 57.4 Å². The van der Waals surface area contributed by atoms with E-state index in [0.29, 0.717) is 17.9 Å². The molecule has 5 aliphatic rings. The highest BCUT2D eigenvalue weighted by Gasteiger charge is 2.74. The molecule has 4 nitrogen and oxygen atoms in total. The molecule has 4 atom stereocenters. The molecule has 0 spiro atoms. The van der Waals surface area contributed by atoms with Gasteiger partial charge in [-0.25, -0.2) is 0 Å². The maximum atomic E-state index is 13.8. The van der Waals surface area contributed by atoms with Gasteiger partial charge in [-0.2, -0.15) is 0 Å². The molecule has 1 aliphatic heterocycles. The van der Waals surface area contributed by atoms with Crippen molar-refractivity contribution in [2.75, 3.05) is 26.3 Å². The van der Waals surface area contributed by atoms with E-state index in [2.05, 4.69) is 47.9 Å². The number of hydrogen-bond acceptors (Lipinski definition) is 3. The molecular formula is C24H34N2O2. The minimum atomic E-state index is -0.244. The Morgan fingerprint density at radius 1 is 1.14 bits per heavy atom. The number of hydrogen-bond donors (Lipinski definition) is 2. The Labute approximate surface area is 168 Å². The Hall–Kier alpha value is -1.39. The maximum absolute atomic E-state index is 13.8. The zero-order chi connectivity index (χ0) is 19.2. The van der Waals surface area contributed by atoms with Crippen LogP contribution in [0.4, 0.5) is 0 Å². The highest BCUT2D eigenvalue weighted by atomic mass is 16.5. The number of piperidine rings is 1. The molecule has 0 aromatic heterocycles. The second-order valence-electron chi connectivity index (χ2n) is 9.98. The molecule has 1 aromatic carbocycles. The van der Waals surface area contributed by atoms with E-state index in [1.54, 1.807) is 0 Å². The molecule has 1 saturated heterocycles. The zero-order valence-corrected chi connectivity index (χ0v) is 17.1. The van der Waals surface area contributed by atoms with Crippen molar-refractivity contribution in [2.24, 2.45) is 16.7 Å². The van der Waals surface area contributed by atoms with Gasteiger partial charge in [0.1, 0.15) is 0 Å². The molecule has 4 heteroatoms. The molecule has 1 heterocycles. The predicted molar refractivity (Wildman–Crippen MR) is 110 cm³/mol. The largest absolute Gasteiger partial charge is 0.381 e. The van der Waals surface area contributed by atoms with Crippen molar-refractivity contribution in [3.8, 4) is 0 Å². The van der Waals surface area contributed by atoms with Gasteiger partial charge in [-0.05, 0) is 81.9 Å². The summed E-state index contributed by atoms with van der Waals surface area (Å²) in [6, 6.07) is 11.3. The fraction of sp³-hybridized carbons (Fsp3) is 0.708. The molecule has 4 aliphatic carbocycles. The van der Waals surface area contributed by atoms with Crippen LogP contribution in [-0.4, -0.2) is 38.3 Å². The normalized spacial score (nSPS) is 39.4. The van der Waals surface area contributed by atoms with Crippen LogP contribution in [0.3, 0.4) is 0 Å². The van der Waals surface area contributed by atoms with Crippen molar-refractivity contribution in [1.82, 2.24) is 10.6 Å². The van der Waals surface area contributed by atoms with Crippen molar-refractivity contribution in [2.45, 2.75) is 63.3 Å². The van der Waals surface area contributed by atoms with E-state index in [9.17, 15) is 4.79 Å². The molecule has 4 saturated carbocycles. The number of carbonyl (C=O) groups excluding carboxylic acids is 1. The first-order valence-corrected chi connectivity index (χ1v) is 11.3. The molecule has 0 radical (unpaired) electrons. The Kier molecular flexibility index (Phi) is 4.55. The van der Waals surface area contributed by atoms with E-state index in [4.69, 9.17) is 4.74 Å². The van der Waals surface area contributed by atoms with E-state index in [1.807, 2.05) is 0 Å². The molecule has 1 aromatic rings. The third-order valence-corrected chi connectivity index (χ3v) is 8.41. The zero-order valence-electron chi connectivity index (χ0n) is 17.1. The van der Waals surface area contributed by atoms with Crippen molar-refractivity contribution < 1.29 is 9.53 Å². The first-order chi connectivity index (χ1) is 13.6. The second kappa shape index (κ2) is 6.84. The van der Waals surface area contributed by atoms with Gasteiger partial charge in [-0.3, -0.25) is 4.79 Å². The maximum Gasteiger partial charge on any atom is 0.227 e. The minimum Gasteiger partial charge on any atom is -0.381 e. The van der Waals surface area contributed by atoms with Crippen molar-refractivity contribution in [1.29, 1.82) is 0 Å². The molecule has 28 heavy (non-hydrogen) atoms. The van der Waals surface area contributed by atoms with Gasteiger partial charge in [-0.1, -0.05) is 30.3 Å². The van der Waals surface area contributed by atoms with Gasteiger partial charge < -0.3 is 15.4 Å². The van der Waals surface area contributed by atoms with E-state index in [-0.39, 0.29) is 16.2 Å². The lowest BCUT2D eigenvalue weighted by atomic mass is 9.63. The summed E-state index contributed by atoms with van der Waals surface area (Å²) in [6.45, 7) is 5.58. The van der Waals surface area contributed by atoms with E-state index in [0.717, 1.165) is 58.4 Å². The molecule has 5 fully saturated rings. The van der Waals surface area contributed by atoms with Crippen LogP contribution < -0.4 is 10.6 Å². The average molecular weight is 383 g/mol. The van der Waals surface area contributed by atoms with E-state index < -0.39 is 0 Å². The smallest absolute Gasteiger partial charge is 0.227 e. The van der Waals surface area contributed by atoms with Crippen LogP contribution in [0.5, 0.6) is 0 Å². The Bertz CT molecular complexity index is 731. The summed E-state index contributed by atoms with van der Waals surface area (Å²) in [7, 11) is 0. The lowest BCUT2D eigenvalue weighted by Gasteiger charge is -2.41. The van der Waals surface area contributed by atoms with Gasteiger partial charge in [0, 0.05) is 18.1 Å². The van der Waals surface area contributed by atoms with Crippen LogP contribution in [0.15, 0.2) is 30.3 Å². The first kappa shape index (κ1) is 18.6. The number of benzene rings is 1. The summed E-state index contributed by atoms with van der Waals surface area (Å²) >= 11 is 0. The Morgan fingerprint density at radius 3 is 2.68 bits per heavy atom. The third-order valence-electron chi connectivity index (χ3n) is 8.41. The SMILES string of the molecule is CCOC[C@]12CC3CC1(C(=O)NC1CCNCC1)C[C@@](c1ccccc1)(C3)C2. The predicted octanol–water partition coefficient (Wildman–Crippen LogP) is 3.41. The number of ether oxygens (including phenoxy) is 1. The molecule has 4 bridgehead atoms. The van der Waals surface area contributed by atoms with Crippen molar-refractivity contribution in [3.05, 3.63) is 35.9 Å². The van der Waals surface area contributed by atoms with Crippen molar-refractivity contribution >= 4 is 5.91 Å². The average Bonchev–Trinajstić information content (AvgIpc) is 3.07. The van der Waals surface area contributed by atoms with Crippen molar-refractivity contribution in [3.63, 3.8) is 0 Å². The molecule has 1 amide bonds. The summed E-state index contributed by atoms with van der Waals surface area (Å²) < 4.78 is 6.05. The molecule has 2 unspecified atom stereocenters. The van der Waals surface area contributed by atoms with Crippen LogP contribution in [0.2, 0.25) is 0 Å². The number of amides is 1. The van der Waals surface area contributed by atoms with E-state index in [1.165, 1.54) is 18.4 Å². The summed E-state index contributed by atoms with van der Waals surface area (Å²) in [6.07, 6.45) is 7.69. The Balaban J connectivity index is 1.49. The molecule has 6 rings (SSSR count). The number of nitrogens with one attached hydrogen (secondary N) is 2. The first-order valence-electron chi connectivity index (χ1n) is 11.3. The Morgan fingerprint density at radius 2 is 1.93 bits per heavy atom. The van der Waals surface area contributed by atoms with Crippen LogP contribution >= 0.6 is 0 Å². The second-order valence-corrected chi connectivity index (χ2v) is 9.98. The van der Waals surface area contributed by atoms with Crippen LogP contribution in [0.25, 0.3) is 0 Å². The van der Waals surface area contributed by atoms with Gasteiger partial charge in [0.2, 0.25) is 5.91 Å². The lowest BCUT2D eigenvalue weighted by molar-refractivity contribution is -0.139. The fourth-order valence-electron chi connectivity index (χ4n) is 7.52. The topological polar surface area (TPSA) is 50.4 Å². The van der Waals surface area contributed by atoms with Crippen LogP contribution in [0, 0.1) is 16.7 Å². The van der Waals surface area contributed by atoms with Crippen LogP contribution in [-0.2, 0) is 14.9 Å². The van der Waals surface area contributed by atoms with Gasteiger partial charge in [0.15, 0.2) is 0 Å².